The number of hydrogen-bond donors (Lipinski definition) is 0. The van der Waals surface area contributed by atoms with Gasteiger partial charge < -0.3 is 14.1 Å². The minimum atomic E-state index is -4.45. The molecule has 198 valence electrons. The van der Waals surface area contributed by atoms with Crippen molar-refractivity contribution in [3.63, 3.8) is 0 Å². The Balaban J connectivity index is 1.16. The maximum Gasteiger partial charge on any atom is 0.416 e. The van der Waals surface area contributed by atoms with Crippen molar-refractivity contribution >= 4 is 23.2 Å². The van der Waals surface area contributed by atoms with Gasteiger partial charge in [-0.1, -0.05) is 30.3 Å². The smallest absolute Gasteiger partial charge is 0.416 e. The van der Waals surface area contributed by atoms with E-state index in [1.54, 1.807) is 4.90 Å². The van der Waals surface area contributed by atoms with Crippen LogP contribution in [0.15, 0.2) is 52.9 Å². The van der Waals surface area contributed by atoms with Crippen LogP contribution in [-0.2, 0) is 17.5 Å². The summed E-state index contributed by atoms with van der Waals surface area (Å²) in [7, 11) is 0. The van der Waals surface area contributed by atoms with Crippen LogP contribution >= 0.6 is 0 Å². The summed E-state index contributed by atoms with van der Waals surface area (Å²) in [5.41, 5.74) is 0.954. The van der Waals surface area contributed by atoms with Crippen molar-refractivity contribution in [3.05, 3.63) is 59.7 Å². The maximum absolute atomic E-state index is 13.1. The number of piperazine rings is 1. The minimum absolute atomic E-state index is 0.0885. The molecule has 1 aromatic heterocycles. The first kappa shape index (κ1) is 25.4. The summed E-state index contributed by atoms with van der Waals surface area (Å²) in [6.07, 6.45) is -3.30. The van der Waals surface area contributed by atoms with Gasteiger partial charge in [-0.05, 0) is 50.5 Å². The summed E-state index contributed by atoms with van der Waals surface area (Å²) in [5, 5.41) is 0. The predicted octanol–water partition coefficient (Wildman–Crippen LogP) is 5.55. The van der Waals surface area contributed by atoms with Crippen LogP contribution < -0.4 is 4.90 Å². The van der Waals surface area contributed by atoms with Gasteiger partial charge in [-0.3, -0.25) is 9.80 Å². The average Bonchev–Trinajstić information content (AvgIpc) is 3.29. The molecule has 0 saturated carbocycles. The van der Waals surface area contributed by atoms with Crippen LogP contribution in [0.3, 0.4) is 0 Å². The number of ether oxygens (including phenoxy) is 1. The first-order valence-corrected chi connectivity index (χ1v) is 12.7. The average molecular weight is 517 g/mol. The van der Waals surface area contributed by atoms with Gasteiger partial charge >= 0.3 is 12.3 Å². The summed E-state index contributed by atoms with van der Waals surface area (Å²) in [5.74, 6) is 0. The molecule has 0 unspecified atom stereocenters. The molecule has 7 nitrogen and oxygen atoms in total. The van der Waals surface area contributed by atoms with Gasteiger partial charge in [-0.15, -0.1) is 0 Å². The largest absolute Gasteiger partial charge is 0.446 e. The van der Waals surface area contributed by atoms with E-state index in [1.807, 2.05) is 36.9 Å². The first-order valence-electron chi connectivity index (χ1n) is 12.7. The summed E-state index contributed by atoms with van der Waals surface area (Å²) < 4.78 is 50.7. The second-order valence-electron chi connectivity index (χ2n) is 10.0. The maximum atomic E-state index is 13.1. The number of halogens is 3. The number of carbonyl (C=O) groups is 1. The molecule has 5 rings (SSSR count). The Labute approximate surface area is 213 Å². The zero-order valence-corrected chi connectivity index (χ0v) is 20.9. The van der Waals surface area contributed by atoms with Crippen molar-refractivity contribution in [1.29, 1.82) is 0 Å². The number of benzene rings is 2. The van der Waals surface area contributed by atoms with E-state index in [1.165, 1.54) is 11.6 Å². The van der Waals surface area contributed by atoms with Gasteiger partial charge in [0.05, 0.1) is 17.6 Å². The van der Waals surface area contributed by atoms with Crippen molar-refractivity contribution < 1.29 is 27.1 Å². The Hall–Kier alpha value is -3.27. The molecule has 3 heterocycles. The number of carbonyl (C=O) groups excluding carboxylic acids is 1. The molecule has 2 aliphatic heterocycles. The molecule has 3 aromatic rings. The molecule has 0 aliphatic carbocycles. The van der Waals surface area contributed by atoms with Gasteiger partial charge in [0, 0.05) is 32.7 Å². The Morgan fingerprint density at radius 3 is 2.38 bits per heavy atom. The van der Waals surface area contributed by atoms with Crippen LogP contribution in [0.4, 0.5) is 24.0 Å². The molecule has 1 amide bonds. The quantitative estimate of drug-likeness (QED) is 0.453. The number of fused-ring (bicyclic) bond motifs is 1. The van der Waals surface area contributed by atoms with Gasteiger partial charge in [0.25, 0.3) is 6.01 Å². The second-order valence-corrected chi connectivity index (χ2v) is 10.0. The highest BCUT2D eigenvalue weighted by atomic mass is 19.4. The zero-order valence-electron chi connectivity index (χ0n) is 20.9. The minimum Gasteiger partial charge on any atom is -0.446 e. The molecular formula is C27H31F3N4O3. The fourth-order valence-corrected chi connectivity index (χ4v) is 5.29. The van der Waals surface area contributed by atoms with Crippen molar-refractivity contribution in [3.8, 4) is 0 Å². The second kappa shape index (κ2) is 10.2. The fourth-order valence-electron chi connectivity index (χ4n) is 5.29. The van der Waals surface area contributed by atoms with Crippen LogP contribution in [-0.4, -0.2) is 65.2 Å². The van der Waals surface area contributed by atoms with E-state index in [0.717, 1.165) is 44.6 Å². The highest BCUT2D eigenvalue weighted by Crippen LogP contribution is 2.33. The number of hydrogen-bond acceptors (Lipinski definition) is 6. The predicted molar refractivity (Wildman–Crippen MR) is 133 cm³/mol. The third-order valence-corrected chi connectivity index (χ3v) is 7.16. The molecule has 2 aromatic carbocycles. The van der Waals surface area contributed by atoms with Gasteiger partial charge in [-0.2, -0.15) is 18.2 Å². The standard InChI is InChI=1S/C27H31F3N4O3/c1-18-15-33(25-31-23-9-8-21(27(28,29)30)14-24(23)37-25)16-19(2)34(18)26(35)36-22-10-12-32(13-11-22)17-20-6-4-3-5-7-20/h3-9,14,18-19,22H,10-13,15-17H2,1-2H3/t18-,19+. The fraction of sp³-hybridized carbons (Fsp3) is 0.481. The molecule has 0 radical (unpaired) electrons. The summed E-state index contributed by atoms with van der Waals surface area (Å²) >= 11 is 0. The van der Waals surface area contributed by atoms with E-state index in [4.69, 9.17) is 9.15 Å². The third kappa shape index (κ3) is 5.69. The Kier molecular flexibility index (Phi) is 7.02. The lowest BCUT2D eigenvalue weighted by Crippen LogP contribution is -2.59. The van der Waals surface area contributed by atoms with Crippen molar-refractivity contribution in [2.45, 2.75) is 57.6 Å². The Morgan fingerprint density at radius 2 is 1.73 bits per heavy atom. The number of aromatic nitrogens is 1. The van der Waals surface area contributed by atoms with Gasteiger partial charge in [0.1, 0.15) is 11.6 Å². The number of piperidine rings is 1. The van der Waals surface area contributed by atoms with Crippen molar-refractivity contribution in [2.24, 2.45) is 0 Å². The molecule has 2 saturated heterocycles. The highest BCUT2D eigenvalue weighted by molar-refractivity contribution is 5.76. The molecular weight excluding hydrogens is 485 g/mol. The number of nitrogens with zero attached hydrogens (tertiary/aromatic N) is 4. The van der Waals surface area contributed by atoms with Crippen LogP contribution in [0.1, 0.15) is 37.8 Å². The van der Waals surface area contributed by atoms with Gasteiger partial charge in [0.2, 0.25) is 0 Å². The van der Waals surface area contributed by atoms with Gasteiger partial charge in [0.15, 0.2) is 5.58 Å². The van der Waals surface area contributed by atoms with Gasteiger partial charge in [-0.25, -0.2) is 4.79 Å². The first-order chi connectivity index (χ1) is 17.7. The summed E-state index contributed by atoms with van der Waals surface area (Å²) in [6.45, 7) is 7.37. The number of amides is 1. The normalized spacial score (nSPS) is 22.0. The lowest BCUT2D eigenvalue weighted by Gasteiger charge is -2.43. The summed E-state index contributed by atoms with van der Waals surface area (Å²) in [4.78, 5) is 23.5. The number of anilines is 1. The van der Waals surface area contributed by atoms with E-state index < -0.39 is 11.7 Å². The van der Waals surface area contributed by atoms with Crippen LogP contribution in [0.25, 0.3) is 11.1 Å². The van der Waals surface area contributed by atoms with E-state index in [-0.39, 0.29) is 35.9 Å². The van der Waals surface area contributed by atoms with E-state index in [2.05, 4.69) is 22.0 Å². The number of rotatable bonds is 4. The topological polar surface area (TPSA) is 62.1 Å². The number of oxazole rings is 1. The Bertz CT molecular complexity index is 1210. The zero-order chi connectivity index (χ0) is 26.2. The van der Waals surface area contributed by atoms with Crippen LogP contribution in [0.5, 0.6) is 0 Å². The Morgan fingerprint density at radius 1 is 1.05 bits per heavy atom. The number of likely N-dealkylation sites (tertiary alicyclic amines) is 1. The van der Waals surface area contributed by atoms with E-state index >= 15 is 0 Å². The molecule has 2 aliphatic rings. The van der Waals surface area contributed by atoms with Crippen molar-refractivity contribution in [2.75, 3.05) is 31.1 Å². The lowest BCUT2D eigenvalue weighted by atomic mass is 10.1. The molecule has 37 heavy (non-hydrogen) atoms. The van der Waals surface area contributed by atoms with Crippen molar-refractivity contribution in [1.82, 2.24) is 14.8 Å². The van der Waals surface area contributed by atoms with Crippen LogP contribution in [0.2, 0.25) is 0 Å². The number of alkyl halides is 3. The molecule has 2 atom stereocenters. The van der Waals surface area contributed by atoms with E-state index in [0.29, 0.717) is 18.6 Å². The molecule has 2 fully saturated rings. The monoisotopic (exact) mass is 516 g/mol. The van der Waals surface area contributed by atoms with E-state index in [9.17, 15) is 18.0 Å². The third-order valence-electron chi connectivity index (χ3n) is 7.16. The molecule has 10 heteroatoms. The SMILES string of the molecule is C[C@@H]1CN(c2nc3ccc(C(F)(F)F)cc3o2)C[C@H](C)N1C(=O)OC1CCN(Cc2ccccc2)CC1. The molecule has 0 bridgehead atoms. The molecule has 0 spiro atoms. The lowest BCUT2D eigenvalue weighted by molar-refractivity contribution is -0.137. The molecule has 0 N–H and O–H groups in total. The highest BCUT2D eigenvalue weighted by Gasteiger charge is 2.37. The summed E-state index contributed by atoms with van der Waals surface area (Å²) in [6, 6.07) is 13.5. The van der Waals surface area contributed by atoms with Crippen LogP contribution in [0, 0.1) is 0 Å².